The normalized spacial score (nSPS) is 20.8. The minimum atomic E-state index is 0.0378. The van der Waals surface area contributed by atoms with Gasteiger partial charge < -0.3 is 15.0 Å². The van der Waals surface area contributed by atoms with Gasteiger partial charge in [-0.1, -0.05) is 0 Å². The van der Waals surface area contributed by atoms with E-state index in [9.17, 15) is 0 Å². The van der Waals surface area contributed by atoms with Crippen LogP contribution in [0.1, 0.15) is 32.5 Å². The Morgan fingerprint density at radius 3 is 2.78 bits per heavy atom. The average Bonchev–Trinajstić information content (AvgIpc) is 2.37. The van der Waals surface area contributed by atoms with Gasteiger partial charge >= 0.3 is 0 Å². The standard InChI is InChI=1S/C14H23N3O/c1-11(15-4)13-6-5-12(9-16-13)17-7-8-18-10-14(17,2)3/h5-6,9,11,15H,7-8,10H2,1-4H3. The van der Waals surface area contributed by atoms with Gasteiger partial charge in [-0.05, 0) is 40.0 Å². The highest BCUT2D eigenvalue weighted by Crippen LogP contribution is 2.26. The molecule has 1 N–H and O–H groups in total. The van der Waals surface area contributed by atoms with Gasteiger partial charge in [0.15, 0.2) is 0 Å². The Morgan fingerprint density at radius 1 is 1.44 bits per heavy atom. The first-order valence-corrected chi connectivity index (χ1v) is 6.53. The maximum Gasteiger partial charge on any atom is 0.0694 e. The molecule has 4 nitrogen and oxygen atoms in total. The van der Waals surface area contributed by atoms with E-state index in [0.29, 0.717) is 0 Å². The predicted molar refractivity (Wildman–Crippen MR) is 74.0 cm³/mol. The Hall–Kier alpha value is -1.13. The summed E-state index contributed by atoms with van der Waals surface area (Å²) >= 11 is 0. The van der Waals surface area contributed by atoms with E-state index in [2.05, 4.69) is 48.1 Å². The zero-order valence-electron chi connectivity index (χ0n) is 11.7. The third-order valence-corrected chi connectivity index (χ3v) is 3.60. The zero-order chi connectivity index (χ0) is 13.2. The van der Waals surface area contributed by atoms with Crippen LogP contribution in [-0.4, -0.2) is 37.3 Å². The summed E-state index contributed by atoms with van der Waals surface area (Å²) in [6.07, 6.45) is 1.97. The first kappa shape index (κ1) is 13.3. The van der Waals surface area contributed by atoms with E-state index in [4.69, 9.17) is 4.74 Å². The van der Waals surface area contributed by atoms with Crippen LogP contribution >= 0.6 is 0 Å². The van der Waals surface area contributed by atoms with E-state index in [0.717, 1.165) is 25.5 Å². The first-order chi connectivity index (χ1) is 8.54. The van der Waals surface area contributed by atoms with Crippen molar-refractivity contribution in [2.24, 2.45) is 0 Å². The van der Waals surface area contributed by atoms with Gasteiger partial charge in [-0.25, -0.2) is 0 Å². The van der Waals surface area contributed by atoms with E-state index < -0.39 is 0 Å². The molecule has 1 unspecified atom stereocenters. The van der Waals surface area contributed by atoms with Crippen molar-refractivity contribution in [1.29, 1.82) is 0 Å². The van der Waals surface area contributed by atoms with Gasteiger partial charge in [0, 0.05) is 12.6 Å². The monoisotopic (exact) mass is 249 g/mol. The molecule has 100 valence electrons. The third-order valence-electron chi connectivity index (χ3n) is 3.60. The minimum Gasteiger partial charge on any atom is -0.377 e. The maximum absolute atomic E-state index is 5.54. The maximum atomic E-state index is 5.54. The number of aromatic nitrogens is 1. The smallest absolute Gasteiger partial charge is 0.0694 e. The van der Waals surface area contributed by atoms with Crippen LogP contribution in [0, 0.1) is 0 Å². The van der Waals surface area contributed by atoms with Crippen molar-refractivity contribution in [2.75, 3.05) is 31.7 Å². The Kier molecular flexibility index (Phi) is 3.88. The van der Waals surface area contributed by atoms with Crippen LogP contribution in [0.3, 0.4) is 0 Å². The molecule has 2 rings (SSSR count). The van der Waals surface area contributed by atoms with E-state index in [-0.39, 0.29) is 11.6 Å². The number of nitrogens with one attached hydrogen (secondary N) is 1. The lowest BCUT2D eigenvalue weighted by molar-refractivity contribution is 0.0643. The number of nitrogens with zero attached hydrogens (tertiary/aromatic N) is 2. The SMILES string of the molecule is CNC(C)c1ccc(N2CCOCC2(C)C)cn1. The van der Waals surface area contributed by atoms with Crippen molar-refractivity contribution < 1.29 is 4.74 Å². The summed E-state index contributed by atoms with van der Waals surface area (Å²) in [5.74, 6) is 0. The molecule has 0 spiro atoms. The lowest BCUT2D eigenvalue weighted by atomic mass is 10.0. The molecule has 0 aliphatic carbocycles. The Bertz CT molecular complexity index is 389. The number of hydrogen-bond acceptors (Lipinski definition) is 4. The molecular formula is C14H23N3O. The lowest BCUT2D eigenvalue weighted by Crippen LogP contribution is -2.53. The summed E-state index contributed by atoms with van der Waals surface area (Å²) < 4.78 is 5.54. The number of anilines is 1. The molecule has 0 amide bonds. The van der Waals surface area contributed by atoms with Crippen molar-refractivity contribution in [3.63, 3.8) is 0 Å². The van der Waals surface area contributed by atoms with Gasteiger partial charge in [-0.3, -0.25) is 4.98 Å². The van der Waals surface area contributed by atoms with Crippen molar-refractivity contribution in [3.8, 4) is 0 Å². The van der Waals surface area contributed by atoms with Gasteiger partial charge in [-0.2, -0.15) is 0 Å². The summed E-state index contributed by atoms with van der Waals surface area (Å²) in [7, 11) is 1.95. The fourth-order valence-electron chi connectivity index (χ4n) is 2.30. The van der Waals surface area contributed by atoms with E-state index >= 15 is 0 Å². The quantitative estimate of drug-likeness (QED) is 0.889. The summed E-state index contributed by atoms with van der Waals surface area (Å²) in [6, 6.07) is 4.54. The minimum absolute atomic E-state index is 0.0378. The number of pyridine rings is 1. The second-order valence-corrected chi connectivity index (χ2v) is 5.47. The van der Waals surface area contributed by atoms with Gasteiger partial charge in [-0.15, -0.1) is 0 Å². The zero-order valence-corrected chi connectivity index (χ0v) is 11.7. The van der Waals surface area contributed by atoms with Crippen LogP contribution < -0.4 is 10.2 Å². The molecule has 0 radical (unpaired) electrons. The highest BCUT2D eigenvalue weighted by molar-refractivity contribution is 5.48. The van der Waals surface area contributed by atoms with Crippen molar-refractivity contribution in [2.45, 2.75) is 32.4 Å². The molecule has 1 aliphatic rings. The van der Waals surface area contributed by atoms with Crippen LogP contribution in [0.15, 0.2) is 18.3 Å². The lowest BCUT2D eigenvalue weighted by Gasteiger charge is -2.43. The van der Waals surface area contributed by atoms with Gasteiger partial charge in [0.2, 0.25) is 0 Å². The van der Waals surface area contributed by atoms with Crippen LogP contribution in [0.5, 0.6) is 0 Å². The number of ether oxygens (including phenoxy) is 1. The average molecular weight is 249 g/mol. The van der Waals surface area contributed by atoms with Crippen molar-refractivity contribution in [1.82, 2.24) is 10.3 Å². The second kappa shape index (κ2) is 5.24. The van der Waals surface area contributed by atoms with E-state index in [1.807, 2.05) is 13.2 Å². The summed E-state index contributed by atoms with van der Waals surface area (Å²) in [6.45, 7) is 9.00. The molecule has 1 saturated heterocycles. The highest BCUT2D eigenvalue weighted by atomic mass is 16.5. The number of morpholine rings is 1. The fraction of sp³-hybridized carbons (Fsp3) is 0.643. The van der Waals surface area contributed by atoms with Gasteiger partial charge in [0.25, 0.3) is 0 Å². The van der Waals surface area contributed by atoms with Crippen molar-refractivity contribution in [3.05, 3.63) is 24.0 Å². The topological polar surface area (TPSA) is 37.4 Å². The Labute approximate surface area is 109 Å². The molecular weight excluding hydrogens is 226 g/mol. The molecule has 2 heterocycles. The summed E-state index contributed by atoms with van der Waals surface area (Å²) in [4.78, 5) is 6.92. The van der Waals surface area contributed by atoms with Crippen LogP contribution in [0.2, 0.25) is 0 Å². The van der Waals surface area contributed by atoms with Gasteiger partial charge in [0.05, 0.1) is 36.3 Å². The first-order valence-electron chi connectivity index (χ1n) is 6.53. The number of hydrogen-bond donors (Lipinski definition) is 1. The van der Waals surface area contributed by atoms with Gasteiger partial charge in [0.1, 0.15) is 0 Å². The van der Waals surface area contributed by atoms with E-state index in [1.165, 1.54) is 5.69 Å². The largest absolute Gasteiger partial charge is 0.377 e. The molecule has 0 saturated carbocycles. The fourth-order valence-corrected chi connectivity index (χ4v) is 2.30. The Balaban J connectivity index is 2.18. The summed E-state index contributed by atoms with van der Waals surface area (Å²) in [5.41, 5.74) is 2.29. The summed E-state index contributed by atoms with van der Waals surface area (Å²) in [5, 5.41) is 3.20. The Morgan fingerprint density at radius 2 is 2.22 bits per heavy atom. The molecule has 1 aliphatic heterocycles. The van der Waals surface area contributed by atoms with Crippen LogP contribution in [0.4, 0.5) is 5.69 Å². The van der Waals surface area contributed by atoms with Crippen LogP contribution in [-0.2, 0) is 4.74 Å². The third kappa shape index (κ3) is 2.65. The molecule has 18 heavy (non-hydrogen) atoms. The van der Waals surface area contributed by atoms with E-state index in [1.54, 1.807) is 0 Å². The molecule has 1 aromatic heterocycles. The second-order valence-electron chi connectivity index (χ2n) is 5.47. The van der Waals surface area contributed by atoms with Crippen LogP contribution in [0.25, 0.3) is 0 Å². The molecule has 0 aromatic carbocycles. The molecule has 0 bridgehead atoms. The molecule has 1 fully saturated rings. The molecule has 4 heteroatoms. The molecule has 1 aromatic rings. The van der Waals surface area contributed by atoms with Crippen molar-refractivity contribution >= 4 is 5.69 Å². The predicted octanol–water partition coefficient (Wildman–Crippen LogP) is 1.98. The highest BCUT2D eigenvalue weighted by Gasteiger charge is 2.30. The number of rotatable bonds is 3. The molecule has 1 atom stereocenters.